The molecule has 1 N–H and O–H groups in total. The van der Waals surface area contributed by atoms with E-state index in [0.717, 1.165) is 32.5 Å². The molecule has 2 heterocycles. The SMILES string of the molecule is CN1CCC(CN(C)CC2(C(=O)O)CCCOC2)CC1. The smallest absolute Gasteiger partial charge is 0.313 e. The van der Waals surface area contributed by atoms with Gasteiger partial charge in [0, 0.05) is 19.7 Å². The molecule has 2 aliphatic heterocycles. The van der Waals surface area contributed by atoms with Crippen LogP contribution in [0.1, 0.15) is 25.7 Å². The highest BCUT2D eigenvalue weighted by atomic mass is 16.5. The van der Waals surface area contributed by atoms with Gasteiger partial charge in [-0.25, -0.2) is 0 Å². The predicted molar refractivity (Wildman–Crippen MR) is 77.8 cm³/mol. The van der Waals surface area contributed by atoms with Crippen LogP contribution in [0.4, 0.5) is 0 Å². The zero-order valence-corrected chi connectivity index (χ0v) is 12.8. The number of piperidine rings is 1. The Morgan fingerprint density at radius 2 is 2.15 bits per heavy atom. The van der Waals surface area contributed by atoms with Crippen LogP contribution in [0.5, 0.6) is 0 Å². The van der Waals surface area contributed by atoms with Crippen molar-refractivity contribution in [1.29, 1.82) is 0 Å². The Bertz CT molecular complexity index is 321. The maximum absolute atomic E-state index is 11.6. The molecule has 0 saturated carbocycles. The molecular formula is C15H28N2O3. The van der Waals surface area contributed by atoms with Gasteiger partial charge in [-0.05, 0) is 58.8 Å². The standard InChI is InChI=1S/C15H28N2O3/c1-16-7-4-13(5-8-16)10-17(2)11-15(14(18)19)6-3-9-20-12-15/h13H,3-12H2,1-2H3,(H,18,19). The molecule has 2 rings (SSSR count). The van der Waals surface area contributed by atoms with Gasteiger partial charge in [0.1, 0.15) is 5.41 Å². The molecule has 0 spiro atoms. The second-order valence-electron chi connectivity index (χ2n) is 6.69. The number of carboxylic acid groups (broad SMARTS) is 1. The lowest BCUT2D eigenvalue weighted by Gasteiger charge is -2.38. The van der Waals surface area contributed by atoms with E-state index in [1.165, 1.54) is 12.8 Å². The van der Waals surface area contributed by atoms with Crippen molar-refractivity contribution in [2.24, 2.45) is 11.3 Å². The van der Waals surface area contributed by atoms with Gasteiger partial charge in [-0.3, -0.25) is 4.79 Å². The van der Waals surface area contributed by atoms with Gasteiger partial charge in [0.05, 0.1) is 6.61 Å². The van der Waals surface area contributed by atoms with Crippen LogP contribution in [-0.4, -0.2) is 74.4 Å². The van der Waals surface area contributed by atoms with E-state index in [2.05, 4.69) is 23.9 Å². The third kappa shape index (κ3) is 3.93. The first-order chi connectivity index (χ1) is 9.52. The van der Waals surface area contributed by atoms with Crippen molar-refractivity contribution in [3.63, 3.8) is 0 Å². The van der Waals surface area contributed by atoms with E-state index in [9.17, 15) is 9.90 Å². The fraction of sp³-hybridized carbons (Fsp3) is 0.933. The van der Waals surface area contributed by atoms with E-state index < -0.39 is 11.4 Å². The minimum Gasteiger partial charge on any atom is -0.481 e. The molecule has 0 aromatic rings. The highest BCUT2D eigenvalue weighted by molar-refractivity contribution is 5.75. The van der Waals surface area contributed by atoms with E-state index in [0.29, 0.717) is 25.7 Å². The third-order valence-corrected chi connectivity index (χ3v) is 4.76. The van der Waals surface area contributed by atoms with Gasteiger partial charge in [-0.1, -0.05) is 0 Å². The number of ether oxygens (including phenoxy) is 1. The quantitative estimate of drug-likeness (QED) is 0.820. The summed E-state index contributed by atoms with van der Waals surface area (Å²) in [5.41, 5.74) is -0.696. The molecule has 1 unspecified atom stereocenters. The van der Waals surface area contributed by atoms with Gasteiger partial charge in [0.15, 0.2) is 0 Å². The summed E-state index contributed by atoms with van der Waals surface area (Å²) in [5, 5.41) is 9.56. The molecule has 1 atom stereocenters. The first kappa shape index (κ1) is 15.7. The summed E-state index contributed by atoms with van der Waals surface area (Å²) in [6.07, 6.45) is 4.03. The lowest BCUT2D eigenvalue weighted by atomic mass is 9.81. The normalized spacial score (nSPS) is 29.8. The molecule has 0 aromatic carbocycles. The molecule has 2 fully saturated rings. The fourth-order valence-electron chi connectivity index (χ4n) is 3.48. The molecule has 0 aromatic heterocycles. The van der Waals surface area contributed by atoms with E-state index in [1.54, 1.807) is 0 Å². The average Bonchev–Trinajstić information content (AvgIpc) is 2.42. The number of hydrogen-bond donors (Lipinski definition) is 1. The minimum atomic E-state index is -0.701. The van der Waals surface area contributed by atoms with Gasteiger partial charge in [0.25, 0.3) is 0 Å². The molecule has 2 aliphatic rings. The van der Waals surface area contributed by atoms with Gasteiger partial charge >= 0.3 is 5.97 Å². The van der Waals surface area contributed by atoms with Gasteiger partial charge in [-0.15, -0.1) is 0 Å². The van der Waals surface area contributed by atoms with Gasteiger partial charge < -0.3 is 19.6 Å². The number of nitrogens with zero attached hydrogens (tertiary/aromatic N) is 2. The molecule has 2 saturated heterocycles. The summed E-state index contributed by atoms with van der Waals surface area (Å²) in [6, 6.07) is 0. The van der Waals surface area contributed by atoms with Crippen molar-refractivity contribution in [2.75, 3.05) is 53.5 Å². The van der Waals surface area contributed by atoms with Crippen LogP contribution in [-0.2, 0) is 9.53 Å². The Kier molecular flexibility index (Phi) is 5.41. The molecule has 0 aliphatic carbocycles. The largest absolute Gasteiger partial charge is 0.481 e. The molecule has 0 radical (unpaired) electrons. The van der Waals surface area contributed by atoms with Crippen molar-refractivity contribution in [3.8, 4) is 0 Å². The number of carbonyl (C=O) groups is 1. The number of carboxylic acids is 1. The van der Waals surface area contributed by atoms with Gasteiger partial charge in [-0.2, -0.15) is 0 Å². The Morgan fingerprint density at radius 3 is 2.70 bits per heavy atom. The first-order valence-corrected chi connectivity index (χ1v) is 7.70. The highest BCUT2D eigenvalue weighted by Crippen LogP contribution is 2.30. The molecule has 5 heteroatoms. The molecule has 116 valence electrons. The van der Waals surface area contributed by atoms with E-state index in [1.807, 2.05) is 0 Å². The van der Waals surface area contributed by atoms with E-state index in [4.69, 9.17) is 4.74 Å². The number of hydrogen-bond acceptors (Lipinski definition) is 4. The lowest BCUT2D eigenvalue weighted by Crippen LogP contribution is -2.48. The van der Waals surface area contributed by atoms with Crippen LogP contribution in [0.15, 0.2) is 0 Å². The van der Waals surface area contributed by atoms with Crippen molar-refractivity contribution in [2.45, 2.75) is 25.7 Å². The summed E-state index contributed by atoms with van der Waals surface area (Å²) in [7, 11) is 4.22. The molecule has 5 nitrogen and oxygen atoms in total. The molecular weight excluding hydrogens is 256 g/mol. The van der Waals surface area contributed by atoms with Crippen LogP contribution in [0.2, 0.25) is 0 Å². The second kappa shape index (κ2) is 6.87. The molecule has 0 bridgehead atoms. The minimum absolute atomic E-state index is 0.361. The Hall–Kier alpha value is -0.650. The van der Waals surface area contributed by atoms with Crippen molar-refractivity contribution < 1.29 is 14.6 Å². The average molecular weight is 284 g/mol. The first-order valence-electron chi connectivity index (χ1n) is 7.70. The van der Waals surface area contributed by atoms with Crippen LogP contribution in [0, 0.1) is 11.3 Å². The van der Waals surface area contributed by atoms with Crippen molar-refractivity contribution in [3.05, 3.63) is 0 Å². The van der Waals surface area contributed by atoms with Crippen LogP contribution in [0.3, 0.4) is 0 Å². The summed E-state index contributed by atoms with van der Waals surface area (Å²) in [6.45, 7) is 4.99. The highest BCUT2D eigenvalue weighted by Gasteiger charge is 2.41. The van der Waals surface area contributed by atoms with E-state index in [-0.39, 0.29) is 0 Å². The number of rotatable bonds is 5. The maximum Gasteiger partial charge on any atom is 0.313 e. The third-order valence-electron chi connectivity index (χ3n) is 4.76. The summed E-state index contributed by atoms with van der Waals surface area (Å²) >= 11 is 0. The number of aliphatic carboxylic acids is 1. The summed E-state index contributed by atoms with van der Waals surface area (Å²) in [4.78, 5) is 16.2. The number of likely N-dealkylation sites (tertiary alicyclic amines) is 1. The monoisotopic (exact) mass is 284 g/mol. The van der Waals surface area contributed by atoms with E-state index >= 15 is 0 Å². The van der Waals surface area contributed by atoms with Crippen molar-refractivity contribution in [1.82, 2.24) is 9.80 Å². The van der Waals surface area contributed by atoms with Crippen molar-refractivity contribution >= 4 is 5.97 Å². The zero-order valence-electron chi connectivity index (χ0n) is 12.8. The fourth-order valence-corrected chi connectivity index (χ4v) is 3.48. The lowest BCUT2D eigenvalue weighted by molar-refractivity contribution is -0.159. The summed E-state index contributed by atoms with van der Waals surface area (Å²) < 4.78 is 5.44. The van der Waals surface area contributed by atoms with Crippen LogP contribution < -0.4 is 0 Å². The Labute approximate surface area is 121 Å². The van der Waals surface area contributed by atoms with Gasteiger partial charge in [0.2, 0.25) is 0 Å². The maximum atomic E-state index is 11.6. The molecule has 20 heavy (non-hydrogen) atoms. The Morgan fingerprint density at radius 1 is 1.45 bits per heavy atom. The van der Waals surface area contributed by atoms with Crippen LogP contribution >= 0.6 is 0 Å². The topological polar surface area (TPSA) is 53.0 Å². The molecule has 0 amide bonds. The summed E-state index contributed by atoms with van der Waals surface area (Å²) in [5.74, 6) is -0.000943. The second-order valence-corrected chi connectivity index (χ2v) is 6.69. The van der Waals surface area contributed by atoms with Crippen LogP contribution in [0.25, 0.3) is 0 Å². The zero-order chi connectivity index (χ0) is 14.6. The Balaban J connectivity index is 1.85. The predicted octanol–water partition coefficient (Wildman–Crippen LogP) is 1.14.